The van der Waals surface area contributed by atoms with E-state index in [4.69, 9.17) is 4.74 Å². The molecule has 0 rings (SSSR count). The van der Waals surface area contributed by atoms with Crippen LogP contribution in [-0.4, -0.2) is 47.4 Å². The van der Waals surface area contributed by atoms with Crippen LogP contribution in [0.3, 0.4) is 0 Å². The molecule has 0 aliphatic carbocycles. The van der Waals surface area contributed by atoms with Gasteiger partial charge in [-0.05, 0) is 57.8 Å². The van der Waals surface area contributed by atoms with Crippen LogP contribution < -0.4 is 5.32 Å². The summed E-state index contributed by atoms with van der Waals surface area (Å²) in [5.74, 6) is -0.0730. The van der Waals surface area contributed by atoms with Crippen molar-refractivity contribution in [1.82, 2.24) is 5.32 Å². The summed E-state index contributed by atoms with van der Waals surface area (Å²) in [6.07, 6.45) is 57.6. The summed E-state index contributed by atoms with van der Waals surface area (Å²) in [6.45, 7) is 4.87. The summed E-state index contributed by atoms with van der Waals surface area (Å²) >= 11 is 0. The Labute approximate surface area is 367 Å². The van der Waals surface area contributed by atoms with Crippen LogP contribution in [0.4, 0.5) is 0 Å². The molecule has 6 heteroatoms. The molecule has 348 valence electrons. The highest BCUT2D eigenvalue weighted by Crippen LogP contribution is 2.15. The van der Waals surface area contributed by atoms with Crippen molar-refractivity contribution < 1.29 is 24.5 Å². The number of esters is 1. The molecular formula is C53H101NO5. The van der Waals surface area contributed by atoms with E-state index >= 15 is 0 Å². The lowest BCUT2D eigenvalue weighted by Crippen LogP contribution is -2.45. The molecule has 0 aromatic carbocycles. The summed E-state index contributed by atoms with van der Waals surface area (Å²) in [6, 6.07) is -0.631. The molecule has 2 atom stereocenters. The zero-order chi connectivity index (χ0) is 43.0. The van der Waals surface area contributed by atoms with Gasteiger partial charge in [-0.1, -0.05) is 231 Å². The molecule has 1 amide bonds. The van der Waals surface area contributed by atoms with Gasteiger partial charge in [0.05, 0.1) is 25.4 Å². The fourth-order valence-corrected chi connectivity index (χ4v) is 7.92. The number of carbonyl (C=O) groups is 2. The summed E-state index contributed by atoms with van der Waals surface area (Å²) in [4.78, 5) is 24.4. The smallest absolute Gasteiger partial charge is 0.305 e. The zero-order valence-electron chi connectivity index (χ0n) is 39.5. The van der Waals surface area contributed by atoms with Crippen LogP contribution >= 0.6 is 0 Å². The number of hydrogen-bond acceptors (Lipinski definition) is 5. The summed E-state index contributed by atoms with van der Waals surface area (Å²) in [5, 5.41) is 22.9. The number of hydrogen-bond donors (Lipinski definition) is 3. The topological polar surface area (TPSA) is 95.9 Å². The molecule has 0 aromatic rings. The minimum Gasteiger partial charge on any atom is -0.466 e. The molecule has 0 spiro atoms. The van der Waals surface area contributed by atoms with Crippen LogP contribution in [0.15, 0.2) is 24.3 Å². The van der Waals surface area contributed by atoms with Crippen LogP contribution in [0.5, 0.6) is 0 Å². The number of ether oxygens (including phenoxy) is 1. The first-order chi connectivity index (χ1) is 29.0. The number of allylic oxidation sites excluding steroid dienone is 3. The second-order valence-corrected chi connectivity index (χ2v) is 17.9. The van der Waals surface area contributed by atoms with Gasteiger partial charge in [0, 0.05) is 12.8 Å². The van der Waals surface area contributed by atoms with Crippen molar-refractivity contribution in [2.45, 2.75) is 289 Å². The van der Waals surface area contributed by atoms with Gasteiger partial charge in [0.2, 0.25) is 5.91 Å². The number of aliphatic hydroxyl groups is 2. The van der Waals surface area contributed by atoms with Gasteiger partial charge >= 0.3 is 5.97 Å². The predicted octanol–water partition coefficient (Wildman–Crippen LogP) is 15.5. The van der Waals surface area contributed by atoms with Gasteiger partial charge in [-0.25, -0.2) is 0 Å². The van der Waals surface area contributed by atoms with E-state index in [1.54, 1.807) is 6.08 Å². The molecule has 0 aromatic heterocycles. The molecule has 2 unspecified atom stereocenters. The maximum atomic E-state index is 12.4. The standard InChI is InChI=1S/C53H101NO5/c1-3-5-7-9-11-13-15-27-31-35-39-43-47-53(58)59-48-44-40-36-32-28-25-23-21-19-17-16-18-20-22-24-26-30-34-38-42-46-52(57)54-50(49-55)51(56)45-41-37-33-29-14-12-10-8-6-4-2/h16,18,41,45,50-51,55-56H,3-15,17,19-40,42-44,46-49H2,1-2H3,(H,54,57)/b18-16-,45-41+. The second-order valence-electron chi connectivity index (χ2n) is 17.9. The van der Waals surface area contributed by atoms with E-state index in [1.807, 2.05) is 6.08 Å². The molecule has 0 bridgehead atoms. The van der Waals surface area contributed by atoms with Crippen molar-refractivity contribution in [1.29, 1.82) is 0 Å². The van der Waals surface area contributed by atoms with E-state index in [2.05, 4.69) is 31.3 Å². The van der Waals surface area contributed by atoms with Crippen LogP contribution in [0, 0.1) is 0 Å². The van der Waals surface area contributed by atoms with Gasteiger partial charge in [0.15, 0.2) is 0 Å². The number of rotatable bonds is 48. The molecule has 0 aliphatic rings. The fourth-order valence-electron chi connectivity index (χ4n) is 7.92. The molecular weight excluding hydrogens is 731 g/mol. The molecule has 0 saturated carbocycles. The molecule has 6 nitrogen and oxygen atoms in total. The highest BCUT2D eigenvalue weighted by molar-refractivity contribution is 5.76. The molecule has 3 N–H and O–H groups in total. The van der Waals surface area contributed by atoms with Gasteiger partial charge in [-0.15, -0.1) is 0 Å². The van der Waals surface area contributed by atoms with Crippen molar-refractivity contribution in [2.24, 2.45) is 0 Å². The van der Waals surface area contributed by atoms with Crippen LogP contribution in [-0.2, 0) is 14.3 Å². The third-order valence-electron chi connectivity index (χ3n) is 12.0. The third kappa shape index (κ3) is 45.7. The van der Waals surface area contributed by atoms with Gasteiger partial charge in [-0.3, -0.25) is 9.59 Å². The van der Waals surface area contributed by atoms with Crippen LogP contribution in [0.25, 0.3) is 0 Å². The van der Waals surface area contributed by atoms with Crippen LogP contribution in [0.1, 0.15) is 277 Å². The summed E-state index contributed by atoms with van der Waals surface area (Å²) < 4.78 is 5.46. The monoisotopic (exact) mass is 832 g/mol. The summed E-state index contributed by atoms with van der Waals surface area (Å²) in [5.41, 5.74) is 0. The Balaban J connectivity index is 3.44. The lowest BCUT2D eigenvalue weighted by molar-refractivity contribution is -0.143. The van der Waals surface area contributed by atoms with E-state index in [-0.39, 0.29) is 18.5 Å². The number of amides is 1. The number of aliphatic hydroxyl groups excluding tert-OH is 2. The Kier molecular flexibility index (Phi) is 47.6. The lowest BCUT2D eigenvalue weighted by Gasteiger charge is -2.20. The van der Waals surface area contributed by atoms with E-state index in [0.717, 1.165) is 44.9 Å². The predicted molar refractivity (Wildman–Crippen MR) is 255 cm³/mol. The maximum absolute atomic E-state index is 12.4. The first kappa shape index (κ1) is 57.3. The molecule has 0 fully saturated rings. The number of unbranched alkanes of at least 4 members (excludes halogenated alkanes) is 35. The Bertz CT molecular complexity index is 920. The van der Waals surface area contributed by atoms with Crippen molar-refractivity contribution >= 4 is 11.9 Å². The highest BCUT2D eigenvalue weighted by atomic mass is 16.5. The molecule has 0 heterocycles. The molecule has 0 radical (unpaired) electrons. The number of carbonyl (C=O) groups excluding carboxylic acids is 2. The Morgan fingerprint density at radius 1 is 0.458 bits per heavy atom. The van der Waals surface area contributed by atoms with Gasteiger partial charge in [0.1, 0.15) is 0 Å². The van der Waals surface area contributed by atoms with E-state index in [0.29, 0.717) is 19.4 Å². The van der Waals surface area contributed by atoms with Gasteiger partial charge < -0.3 is 20.3 Å². The second kappa shape index (κ2) is 49.0. The lowest BCUT2D eigenvalue weighted by atomic mass is 10.0. The first-order valence-electron chi connectivity index (χ1n) is 26.1. The maximum Gasteiger partial charge on any atom is 0.305 e. The third-order valence-corrected chi connectivity index (χ3v) is 12.0. The Morgan fingerprint density at radius 2 is 0.797 bits per heavy atom. The van der Waals surface area contributed by atoms with Crippen molar-refractivity contribution in [3.05, 3.63) is 24.3 Å². The van der Waals surface area contributed by atoms with Gasteiger partial charge in [-0.2, -0.15) is 0 Å². The minimum atomic E-state index is -0.847. The Morgan fingerprint density at radius 3 is 1.20 bits per heavy atom. The quantitative estimate of drug-likeness (QED) is 0.0322. The highest BCUT2D eigenvalue weighted by Gasteiger charge is 2.18. The zero-order valence-corrected chi connectivity index (χ0v) is 39.5. The largest absolute Gasteiger partial charge is 0.466 e. The van der Waals surface area contributed by atoms with Gasteiger partial charge in [0.25, 0.3) is 0 Å². The average molecular weight is 832 g/mol. The van der Waals surface area contributed by atoms with Crippen molar-refractivity contribution in [3.8, 4) is 0 Å². The minimum absolute atomic E-state index is 0.00570. The summed E-state index contributed by atoms with van der Waals surface area (Å²) in [7, 11) is 0. The average Bonchev–Trinajstić information content (AvgIpc) is 3.24. The van der Waals surface area contributed by atoms with E-state index < -0.39 is 12.1 Å². The molecule has 0 aliphatic heterocycles. The van der Waals surface area contributed by atoms with E-state index in [9.17, 15) is 19.8 Å². The fraction of sp³-hybridized carbons (Fsp3) is 0.887. The normalized spacial score (nSPS) is 12.8. The van der Waals surface area contributed by atoms with E-state index in [1.165, 1.54) is 205 Å². The van der Waals surface area contributed by atoms with Crippen molar-refractivity contribution in [3.63, 3.8) is 0 Å². The SMILES string of the molecule is CCCCCCCCCC/C=C/C(O)C(CO)NC(=O)CCCCCCCCC/C=C\CCCCCCCCCCCOC(=O)CCCCCCCCCCCCCC. The van der Waals surface area contributed by atoms with Crippen molar-refractivity contribution in [2.75, 3.05) is 13.2 Å². The van der Waals surface area contributed by atoms with Crippen LogP contribution in [0.2, 0.25) is 0 Å². The molecule has 59 heavy (non-hydrogen) atoms. The Hall–Kier alpha value is -1.66. The number of nitrogens with one attached hydrogen (secondary N) is 1. The molecule has 0 saturated heterocycles. The first-order valence-corrected chi connectivity index (χ1v) is 26.1.